The fraction of sp³-hybridized carbons (Fsp3) is 0.111. The molecule has 3 aromatic rings. The average molecular weight is 424 g/mol. The summed E-state index contributed by atoms with van der Waals surface area (Å²) >= 11 is 3.20. The highest BCUT2D eigenvalue weighted by molar-refractivity contribution is 9.10. The van der Waals surface area contributed by atoms with Crippen molar-refractivity contribution in [2.45, 2.75) is 13.5 Å². The Morgan fingerprint density at radius 3 is 2.62 bits per heavy atom. The number of benzene rings is 2. The first-order chi connectivity index (χ1) is 12.3. The number of anilines is 1. The summed E-state index contributed by atoms with van der Waals surface area (Å²) in [5, 5.41) is 6.74. The van der Waals surface area contributed by atoms with Crippen molar-refractivity contribution < 1.29 is 18.0 Å². The predicted molar refractivity (Wildman–Crippen MR) is 94.5 cm³/mol. The summed E-state index contributed by atoms with van der Waals surface area (Å²) in [4.78, 5) is 12.5. The summed E-state index contributed by atoms with van der Waals surface area (Å²) in [6, 6.07) is 6.88. The topological polar surface area (TPSA) is 46.9 Å². The van der Waals surface area contributed by atoms with Crippen LogP contribution in [0.5, 0.6) is 0 Å². The second kappa shape index (κ2) is 7.33. The van der Waals surface area contributed by atoms with E-state index < -0.39 is 23.4 Å². The SMILES string of the molecule is Cc1cnn(Cc2cc(F)ccc2F)c1NC(=O)c1cc(F)ccc1Br. The van der Waals surface area contributed by atoms with Crippen LogP contribution < -0.4 is 5.32 Å². The normalized spacial score (nSPS) is 10.8. The number of hydrogen-bond acceptors (Lipinski definition) is 2. The van der Waals surface area contributed by atoms with Gasteiger partial charge in [0, 0.05) is 15.6 Å². The minimum atomic E-state index is -0.579. The van der Waals surface area contributed by atoms with Gasteiger partial charge in [0.25, 0.3) is 5.91 Å². The summed E-state index contributed by atoms with van der Waals surface area (Å²) in [7, 11) is 0. The largest absolute Gasteiger partial charge is 0.307 e. The summed E-state index contributed by atoms with van der Waals surface area (Å²) in [5.74, 6) is -1.94. The molecule has 134 valence electrons. The third-order valence-electron chi connectivity index (χ3n) is 3.76. The van der Waals surface area contributed by atoms with Gasteiger partial charge in [-0.1, -0.05) is 0 Å². The number of aromatic nitrogens is 2. The maximum atomic E-state index is 13.9. The second-order valence-electron chi connectivity index (χ2n) is 5.65. The molecule has 0 aliphatic heterocycles. The van der Waals surface area contributed by atoms with Gasteiger partial charge >= 0.3 is 0 Å². The Balaban J connectivity index is 1.89. The van der Waals surface area contributed by atoms with Gasteiger partial charge in [-0.15, -0.1) is 0 Å². The van der Waals surface area contributed by atoms with Gasteiger partial charge in [-0.3, -0.25) is 4.79 Å². The van der Waals surface area contributed by atoms with Crippen LogP contribution >= 0.6 is 15.9 Å². The Kier molecular flexibility index (Phi) is 5.13. The van der Waals surface area contributed by atoms with Crippen LogP contribution in [0.25, 0.3) is 0 Å². The molecule has 0 aliphatic carbocycles. The predicted octanol–water partition coefficient (Wildman–Crippen LogP) is 4.67. The van der Waals surface area contributed by atoms with Gasteiger partial charge in [0.1, 0.15) is 23.3 Å². The number of nitrogens with one attached hydrogen (secondary N) is 1. The molecule has 3 rings (SSSR count). The van der Waals surface area contributed by atoms with Crippen molar-refractivity contribution in [1.82, 2.24) is 9.78 Å². The summed E-state index contributed by atoms with van der Waals surface area (Å²) in [6.07, 6.45) is 1.49. The number of amides is 1. The third kappa shape index (κ3) is 3.80. The van der Waals surface area contributed by atoms with Crippen molar-refractivity contribution in [1.29, 1.82) is 0 Å². The number of aryl methyl sites for hydroxylation is 1. The first-order valence-electron chi connectivity index (χ1n) is 7.58. The molecule has 0 saturated heterocycles. The zero-order valence-corrected chi connectivity index (χ0v) is 15.1. The lowest BCUT2D eigenvalue weighted by molar-refractivity contribution is 0.102. The van der Waals surface area contributed by atoms with Crippen LogP contribution in [0.15, 0.2) is 47.1 Å². The third-order valence-corrected chi connectivity index (χ3v) is 4.45. The Labute approximate surface area is 155 Å². The monoisotopic (exact) mass is 423 g/mol. The molecule has 8 heteroatoms. The van der Waals surface area contributed by atoms with E-state index in [-0.39, 0.29) is 17.7 Å². The van der Waals surface area contributed by atoms with Crippen molar-refractivity contribution in [3.8, 4) is 0 Å². The minimum Gasteiger partial charge on any atom is -0.307 e. The maximum Gasteiger partial charge on any atom is 0.258 e. The Morgan fingerprint density at radius 1 is 1.15 bits per heavy atom. The lowest BCUT2D eigenvalue weighted by atomic mass is 10.2. The van der Waals surface area contributed by atoms with Gasteiger partial charge in [-0.05, 0) is 59.3 Å². The quantitative estimate of drug-likeness (QED) is 0.662. The molecule has 1 amide bonds. The van der Waals surface area contributed by atoms with E-state index in [0.29, 0.717) is 15.9 Å². The fourth-order valence-electron chi connectivity index (χ4n) is 2.43. The molecule has 0 unspecified atom stereocenters. The van der Waals surface area contributed by atoms with E-state index in [1.54, 1.807) is 6.92 Å². The van der Waals surface area contributed by atoms with E-state index in [1.165, 1.54) is 23.0 Å². The molecule has 4 nitrogen and oxygen atoms in total. The van der Waals surface area contributed by atoms with Gasteiger partial charge in [-0.2, -0.15) is 5.10 Å². The molecule has 0 bridgehead atoms. The summed E-state index contributed by atoms with van der Waals surface area (Å²) in [6.45, 7) is 1.64. The first kappa shape index (κ1) is 18.2. The molecule has 0 saturated carbocycles. The molecular weight excluding hydrogens is 411 g/mol. The van der Waals surface area contributed by atoms with E-state index >= 15 is 0 Å². The van der Waals surface area contributed by atoms with Crippen molar-refractivity contribution in [2.75, 3.05) is 5.32 Å². The second-order valence-corrected chi connectivity index (χ2v) is 6.50. The number of nitrogens with zero attached hydrogens (tertiary/aromatic N) is 2. The van der Waals surface area contributed by atoms with Gasteiger partial charge in [0.15, 0.2) is 0 Å². The Hall–Kier alpha value is -2.61. The molecule has 0 fully saturated rings. The lowest BCUT2D eigenvalue weighted by Crippen LogP contribution is -2.18. The molecule has 1 aromatic heterocycles. The standard InChI is InChI=1S/C18H13BrF3N3O/c1-10-8-23-25(9-11-6-12(20)3-5-16(11)22)17(10)24-18(26)14-7-13(21)2-4-15(14)19/h2-8H,9H2,1H3,(H,24,26). The van der Waals surface area contributed by atoms with Crippen LogP contribution in [-0.4, -0.2) is 15.7 Å². The van der Waals surface area contributed by atoms with Crippen molar-refractivity contribution in [3.05, 3.63) is 81.2 Å². The van der Waals surface area contributed by atoms with Crippen LogP contribution in [0.1, 0.15) is 21.5 Å². The summed E-state index contributed by atoms with van der Waals surface area (Å²) in [5.41, 5.74) is 0.826. The van der Waals surface area contributed by atoms with Crippen molar-refractivity contribution in [3.63, 3.8) is 0 Å². The highest BCUT2D eigenvalue weighted by Gasteiger charge is 2.17. The number of carbonyl (C=O) groups is 1. The molecule has 0 radical (unpaired) electrons. The van der Waals surface area contributed by atoms with Gasteiger partial charge in [-0.25, -0.2) is 17.9 Å². The Morgan fingerprint density at radius 2 is 1.85 bits per heavy atom. The molecule has 0 atom stereocenters. The zero-order valence-electron chi connectivity index (χ0n) is 13.6. The van der Waals surface area contributed by atoms with E-state index in [9.17, 15) is 18.0 Å². The summed E-state index contributed by atoms with van der Waals surface area (Å²) < 4.78 is 42.4. The molecule has 1 N–H and O–H groups in total. The van der Waals surface area contributed by atoms with Crippen LogP contribution in [-0.2, 0) is 6.54 Å². The van der Waals surface area contributed by atoms with E-state index in [0.717, 1.165) is 24.3 Å². The van der Waals surface area contributed by atoms with Crippen molar-refractivity contribution in [2.24, 2.45) is 0 Å². The highest BCUT2D eigenvalue weighted by Crippen LogP contribution is 2.22. The highest BCUT2D eigenvalue weighted by atomic mass is 79.9. The van der Waals surface area contributed by atoms with Gasteiger partial charge < -0.3 is 5.32 Å². The molecular formula is C18H13BrF3N3O. The number of halogens is 4. The molecule has 1 heterocycles. The van der Waals surface area contributed by atoms with E-state index in [4.69, 9.17) is 0 Å². The lowest BCUT2D eigenvalue weighted by Gasteiger charge is -2.12. The minimum absolute atomic E-state index is 0.0721. The zero-order chi connectivity index (χ0) is 18.8. The fourth-order valence-corrected chi connectivity index (χ4v) is 2.86. The molecule has 0 aliphatic rings. The number of hydrogen-bond donors (Lipinski definition) is 1. The van der Waals surface area contributed by atoms with E-state index in [1.807, 2.05) is 0 Å². The van der Waals surface area contributed by atoms with Crippen LogP contribution in [0.4, 0.5) is 19.0 Å². The van der Waals surface area contributed by atoms with Gasteiger partial charge in [0.05, 0.1) is 18.3 Å². The van der Waals surface area contributed by atoms with Gasteiger partial charge in [0.2, 0.25) is 0 Å². The Bertz CT molecular complexity index is 988. The van der Waals surface area contributed by atoms with Crippen LogP contribution in [0, 0.1) is 24.4 Å². The molecule has 26 heavy (non-hydrogen) atoms. The maximum absolute atomic E-state index is 13.9. The van der Waals surface area contributed by atoms with E-state index in [2.05, 4.69) is 26.3 Å². The van der Waals surface area contributed by atoms with Crippen LogP contribution in [0.3, 0.4) is 0 Å². The smallest absolute Gasteiger partial charge is 0.258 e. The van der Waals surface area contributed by atoms with Crippen LogP contribution in [0.2, 0.25) is 0 Å². The number of carbonyl (C=O) groups excluding carboxylic acids is 1. The molecule has 2 aromatic carbocycles. The first-order valence-corrected chi connectivity index (χ1v) is 8.37. The van der Waals surface area contributed by atoms with Crippen molar-refractivity contribution >= 4 is 27.7 Å². The number of rotatable bonds is 4. The molecule has 0 spiro atoms. The average Bonchev–Trinajstić information content (AvgIpc) is 2.93.